The van der Waals surface area contributed by atoms with Gasteiger partial charge in [-0.2, -0.15) is 0 Å². The van der Waals surface area contributed by atoms with Crippen LogP contribution in [0.5, 0.6) is 0 Å². The molecule has 0 heterocycles. The minimum atomic E-state index is -3.43. The van der Waals surface area contributed by atoms with E-state index in [0.717, 1.165) is 18.8 Å². The summed E-state index contributed by atoms with van der Waals surface area (Å²) in [6.07, 6.45) is 4.60. The molecule has 0 aliphatic heterocycles. The normalized spacial score (nSPS) is 23.5. The van der Waals surface area contributed by atoms with Crippen LogP contribution in [0, 0.1) is 5.92 Å². The van der Waals surface area contributed by atoms with E-state index < -0.39 is 10.0 Å². The summed E-state index contributed by atoms with van der Waals surface area (Å²) in [7, 11) is -2.03. The van der Waals surface area contributed by atoms with Gasteiger partial charge in [0.1, 0.15) is 0 Å². The van der Waals surface area contributed by atoms with Crippen molar-refractivity contribution >= 4 is 21.4 Å². The molecular weight excluding hydrogens is 274 g/mol. The van der Waals surface area contributed by atoms with Crippen molar-refractivity contribution in [2.75, 3.05) is 18.1 Å². The molecule has 1 aromatic rings. The highest BCUT2D eigenvalue weighted by Crippen LogP contribution is 2.29. The van der Waals surface area contributed by atoms with Gasteiger partial charge >= 0.3 is 0 Å². The number of benzene rings is 1. The van der Waals surface area contributed by atoms with Crippen LogP contribution in [0.4, 0.5) is 11.4 Å². The predicted molar refractivity (Wildman–Crippen MR) is 82.1 cm³/mol. The van der Waals surface area contributed by atoms with E-state index in [0.29, 0.717) is 17.4 Å². The lowest BCUT2D eigenvalue weighted by Gasteiger charge is -2.28. The standard InChI is InChI=1S/C14H23N3O2S/c1-10-3-5-11(6-4-10)17-14-9-12(7-8-13(14)15)20(18,19)16-2/h7-11,16-17H,3-6,15H2,1-2H3. The van der Waals surface area contributed by atoms with Crippen molar-refractivity contribution in [1.82, 2.24) is 4.72 Å². The van der Waals surface area contributed by atoms with Gasteiger partial charge in [-0.25, -0.2) is 13.1 Å². The first-order valence-corrected chi connectivity index (χ1v) is 8.50. The maximum atomic E-state index is 11.8. The van der Waals surface area contributed by atoms with Gasteiger partial charge in [0.05, 0.1) is 16.3 Å². The fourth-order valence-corrected chi connectivity index (χ4v) is 3.33. The minimum Gasteiger partial charge on any atom is -0.397 e. The topological polar surface area (TPSA) is 84.2 Å². The largest absolute Gasteiger partial charge is 0.397 e. The third kappa shape index (κ3) is 3.43. The number of nitrogens with two attached hydrogens (primary N) is 1. The highest BCUT2D eigenvalue weighted by Gasteiger charge is 2.19. The number of nitrogens with one attached hydrogen (secondary N) is 2. The van der Waals surface area contributed by atoms with Crippen LogP contribution in [0.1, 0.15) is 32.6 Å². The summed E-state index contributed by atoms with van der Waals surface area (Å²) in [4.78, 5) is 0.237. The molecule has 0 saturated heterocycles. The third-order valence-corrected chi connectivity index (χ3v) is 5.39. The second-order valence-corrected chi connectivity index (χ2v) is 7.44. The zero-order valence-electron chi connectivity index (χ0n) is 12.0. The molecule has 1 saturated carbocycles. The monoisotopic (exact) mass is 297 g/mol. The molecule has 0 unspecified atom stereocenters. The third-order valence-electron chi connectivity index (χ3n) is 3.98. The lowest BCUT2D eigenvalue weighted by Crippen LogP contribution is -2.26. The minimum absolute atomic E-state index is 0.237. The van der Waals surface area contributed by atoms with Crippen LogP contribution >= 0.6 is 0 Å². The van der Waals surface area contributed by atoms with Crippen molar-refractivity contribution in [2.45, 2.75) is 43.5 Å². The van der Waals surface area contributed by atoms with Crippen molar-refractivity contribution in [3.05, 3.63) is 18.2 Å². The quantitative estimate of drug-likeness (QED) is 0.744. The highest BCUT2D eigenvalue weighted by atomic mass is 32.2. The fraction of sp³-hybridized carbons (Fsp3) is 0.571. The number of rotatable bonds is 4. The van der Waals surface area contributed by atoms with Gasteiger partial charge in [0.25, 0.3) is 0 Å². The van der Waals surface area contributed by atoms with Crippen LogP contribution in [0.3, 0.4) is 0 Å². The summed E-state index contributed by atoms with van der Waals surface area (Å²) >= 11 is 0. The molecule has 1 aliphatic carbocycles. The molecule has 20 heavy (non-hydrogen) atoms. The van der Waals surface area contributed by atoms with Gasteiger partial charge in [-0.05, 0) is 56.8 Å². The number of hydrogen-bond donors (Lipinski definition) is 3. The molecule has 0 amide bonds. The van der Waals surface area contributed by atoms with E-state index in [-0.39, 0.29) is 4.90 Å². The summed E-state index contributed by atoms with van der Waals surface area (Å²) < 4.78 is 26.0. The molecule has 0 aromatic heterocycles. The number of hydrogen-bond acceptors (Lipinski definition) is 4. The van der Waals surface area contributed by atoms with Gasteiger partial charge in [0.2, 0.25) is 10.0 Å². The van der Waals surface area contributed by atoms with Gasteiger partial charge in [0, 0.05) is 6.04 Å². The molecule has 2 rings (SSSR count). The molecule has 1 aromatic carbocycles. The molecule has 112 valence electrons. The van der Waals surface area contributed by atoms with Crippen LogP contribution in [-0.2, 0) is 10.0 Å². The predicted octanol–water partition coefficient (Wildman–Crippen LogP) is 2.17. The molecule has 6 heteroatoms. The van der Waals surface area contributed by atoms with E-state index in [9.17, 15) is 8.42 Å². The van der Waals surface area contributed by atoms with Crippen LogP contribution in [0.25, 0.3) is 0 Å². The Morgan fingerprint density at radius 2 is 1.85 bits per heavy atom. The van der Waals surface area contributed by atoms with E-state index in [1.54, 1.807) is 12.1 Å². The Morgan fingerprint density at radius 3 is 2.45 bits per heavy atom. The van der Waals surface area contributed by atoms with E-state index in [4.69, 9.17) is 5.73 Å². The summed E-state index contributed by atoms with van der Waals surface area (Å²) in [6, 6.07) is 5.15. The Morgan fingerprint density at radius 1 is 1.20 bits per heavy atom. The average molecular weight is 297 g/mol. The zero-order chi connectivity index (χ0) is 14.8. The van der Waals surface area contributed by atoms with Crippen molar-refractivity contribution in [2.24, 2.45) is 5.92 Å². The summed E-state index contributed by atoms with van der Waals surface area (Å²) in [5, 5.41) is 3.39. The number of sulfonamides is 1. The van der Waals surface area contributed by atoms with Crippen molar-refractivity contribution < 1.29 is 8.42 Å². The molecule has 0 radical (unpaired) electrons. The first-order valence-electron chi connectivity index (χ1n) is 7.02. The number of anilines is 2. The Bertz CT molecular complexity index is 564. The van der Waals surface area contributed by atoms with Gasteiger partial charge in [-0.1, -0.05) is 6.92 Å². The Kier molecular flexibility index (Phi) is 4.55. The molecular formula is C14H23N3O2S. The molecule has 0 bridgehead atoms. The van der Waals surface area contributed by atoms with E-state index in [1.165, 1.54) is 26.0 Å². The maximum absolute atomic E-state index is 11.8. The smallest absolute Gasteiger partial charge is 0.240 e. The lowest BCUT2D eigenvalue weighted by molar-refractivity contribution is 0.361. The van der Waals surface area contributed by atoms with Gasteiger partial charge in [-0.15, -0.1) is 0 Å². The summed E-state index contributed by atoms with van der Waals surface area (Å²) in [5.74, 6) is 0.779. The fourth-order valence-electron chi connectivity index (χ4n) is 2.57. The molecule has 0 spiro atoms. The van der Waals surface area contributed by atoms with Crippen molar-refractivity contribution in [3.8, 4) is 0 Å². The van der Waals surface area contributed by atoms with Crippen LogP contribution in [0.15, 0.2) is 23.1 Å². The van der Waals surface area contributed by atoms with Crippen molar-refractivity contribution in [1.29, 1.82) is 0 Å². The van der Waals surface area contributed by atoms with Crippen LogP contribution in [0.2, 0.25) is 0 Å². The molecule has 4 N–H and O–H groups in total. The highest BCUT2D eigenvalue weighted by molar-refractivity contribution is 7.89. The first kappa shape index (κ1) is 15.1. The second kappa shape index (κ2) is 6.01. The van der Waals surface area contributed by atoms with E-state index >= 15 is 0 Å². The molecule has 1 aliphatic rings. The first-order chi connectivity index (χ1) is 9.42. The van der Waals surface area contributed by atoms with E-state index in [1.807, 2.05) is 0 Å². The summed E-state index contributed by atoms with van der Waals surface area (Å²) in [6.45, 7) is 2.27. The van der Waals surface area contributed by atoms with Crippen LogP contribution < -0.4 is 15.8 Å². The maximum Gasteiger partial charge on any atom is 0.240 e. The molecule has 1 fully saturated rings. The van der Waals surface area contributed by atoms with Gasteiger partial charge < -0.3 is 11.1 Å². The SMILES string of the molecule is CNS(=O)(=O)c1ccc(N)c(NC2CCC(C)CC2)c1. The van der Waals surface area contributed by atoms with Gasteiger partial charge in [0.15, 0.2) is 0 Å². The summed E-state index contributed by atoms with van der Waals surface area (Å²) in [5.41, 5.74) is 7.23. The average Bonchev–Trinajstić information content (AvgIpc) is 2.43. The number of nitrogen functional groups attached to an aromatic ring is 1. The lowest BCUT2D eigenvalue weighted by atomic mass is 9.87. The Hall–Kier alpha value is -1.27. The van der Waals surface area contributed by atoms with Gasteiger partial charge in [-0.3, -0.25) is 0 Å². The Balaban J connectivity index is 2.17. The molecule has 5 nitrogen and oxygen atoms in total. The van der Waals surface area contributed by atoms with Crippen LogP contribution in [-0.4, -0.2) is 21.5 Å². The Labute approximate surface area is 121 Å². The van der Waals surface area contributed by atoms with Crippen molar-refractivity contribution in [3.63, 3.8) is 0 Å². The zero-order valence-corrected chi connectivity index (χ0v) is 12.8. The van der Waals surface area contributed by atoms with E-state index in [2.05, 4.69) is 17.0 Å². The molecule has 0 atom stereocenters. The second-order valence-electron chi connectivity index (χ2n) is 5.56.